The van der Waals surface area contributed by atoms with Crippen LogP contribution in [0.3, 0.4) is 0 Å². The van der Waals surface area contributed by atoms with E-state index in [1.165, 1.54) is 4.68 Å². The molecule has 0 aliphatic heterocycles. The lowest BCUT2D eigenvalue weighted by Crippen LogP contribution is -2.08. The minimum atomic E-state index is -1.27. The number of aromatic carboxylic acids is 1. The van der Waals surface area contributed by atoms with Gasteiger partial charge in [0, 0.05) is 18.0 Å². The third-order valence-corrected chi connectivity index (χ3v) is 3.14. The first-order valence-corrected chi connectivity index (χ1v) is 5.74. The molecule has 0 aliphatic rings. The summed E-state index contributed by atoms with van der Waals surface area (Å²) in [6.07, 6.45) is 1.08. The minimum absolute atomic E-state index is 0.00806. The zero-order valence-electron chi connectivity index (χ0n) is 11.1. The summed E-state index contributed by atoms with van der Waals surface area (Å²) < 4.78 is 1.36. The molecular weight excluding hydrogens is 264 g/mol. The van der Waals surface area contributed by atoms with Crippen LogP contribution in [0, 0.1) is 30.9 Å². The smallest absolute Gasteiger partial charge is 0.337 e. The maximum Gasteiger partial charge on any atom is 0.337 e. The van der Waals surface area contributed by atoms with Crippen LogP contribution in [0.25, 0.3) is 5.82 Å². The van der Waals surface area contributed by atoms with Crippen molar-refractivity contribution in [3.05, 3.63) is 44.9 Å². The zero-order valence-corrected chi connectivity index (χ0v) is 11.1. The van der Waals surface area contributed by atoms with Crippen molar-refractivity contribution < 1.29 is 14.8 Å². The molecule has 1 N–H and O–H groups in total. The van der Waals surface area contributed by atoms with E-state index in [1.807, 2.05) is 6.92 Å². The van der Waals surface area contributed by atoms with Crippen molar-refractivity contribution in [1.29, 1.82) is 0 Å². The second-order valence-corrected chi connectivity index (χ2v) is 4.34. The topological polar surface area (TPSA) is 111 Å². The Morgan fingerprint density at radius 1 is 1.40 bits per heavy atom. The van der Waals surface area contributed by atoms with Gasteiger partial charge < -0.3 is 5.11 Å². The van der Waals surface area contributed by atoms with E-state index in [0.717, 1.165) is 29.2 Å². The monoisotopic (exact) mass is 276 g/mol. The molecule has 0 spiro atoms. The molecule has 0 aliphatic carbocycles. The van der Waals surface area contributed by atoms with Gasteiger partial charge in [-0.15, -0.1) is 0 Å². The van der Waals surface area contributed by atoms with E-state index < -0.39 is 16.6 Å². The SMILES string of the molecule is Cc1nn(-c2ncc(C(=O)O)cc2[N+](=O)[O-])c(C)c1C. The maximum absolute atomic E-state index is 11.1. The third-order valence-electron chi connectivity index (χ3n) is 3.14. The summed E-state index contributed by atoms with van der Waals surface area (Å²) in [5, 5.41) is 24.2. The summed E-state index contributed by atoms with van der Waals surface area (Å²) >= 11 is 0. The summed E-state index contributed by atoms with van der Waals surface area (Å²) in [7, 11) is 0. The highest BCUT2D eigenvalue weighted by molar-refractivity contribution is 5.88. The lowest BCUT2D eigenvalue weighted by Gasteiger charge is -2.05. The largest absolute Gasteiger partial charge is 0.478 e. The summed E-state index contributed by atoms with van der Waals surface area (Å²) in [4.78, 5) is 25.2. The molecule has 104 valence electrons. The van der Waals surface area contributed by atoms with E-state index in [9.17, 15) is 14.9 Å². The van der Waals surface area contributed by atoms with E-state index in [-0.39, 0.29) is 11.4 Å². The summed E-state index contributed by atoms with van der Waals surface area (Å²) in [5.74, 6) is -1.26. The summed E-state index contributed by atoms with van der Waals surface area (Å²) in [5.41, 5.74) is 1.74. The molecule has 0 unspecified atom stereocenters. The van der Waals surface area contributed by atoms with Gasteiger partial charge in [0.05, 0.1) is 16.2 Å². The minimum Gasteiger partial charge on any atom is -0.478 e. The van der Waals surface area contributed by atoms with Gasteiger partial charge in [0.1, 0.15) is 0 Å². The molecule has 0 fully saturated rings. The van der Waals surface area contributed by atoms with Crippen molar-refractivity contribution in [3.63, 3.8) is 0 Å². The Morgan fingerprint density at radius 3 is 2.50 bits per heavy atom. The molecule has 0 saturated heterocycles. The molecule has 2 aromatic heterocycles. The quantitative estimate of drug-likeness (QED) is 0.675. The summed E-state index contributed by atoms with van der Waals surface area (Å²) in [6, 6.07) is 0.983. The molecule has 0 radical (unpaired) electrons. The highest BCUT2D eigenvalue weighted by Gasteiger charge is 2.23. The van der Waals surface area contributed by atoms with Crippen molar-refractivity contribution in [2.24, 2.45) is 0 Å². The Hall–Kier alpha value is -2.77. The van der Waals surface area contributed by atoms with Crippen molar-refractivity contribution in [1.82, 2.24) is 14.8 Å². The fourth-order valence-electron chi connectivity index (χ4n) is 1.79. The zero-order chi connectivity index (χ0) is 15.0. The van der Waals surface area contributed by atoms with E-state index in [0.29, 0.717) is 0 Å². The Morgan fingerprint density at radius 2 is 2.05 bits per heavy atom. The molecule has 8 heteroatoms. The number of carbonyl (C=O) groups is 1. The van der Waals surface area contributed by atoms with Gasteiger partial charge in [-0.05, 0) is 26.3 Å². The molecule has 2 aromatic rings. The lowest BCUT2D eigenvalue weighted by molar-refractivity contribution is -0.385. The van der Waals surface area contributed by atoms with Crippen molar-refractivity contribution in [2.75, 3.05) is 0 Å². The number of rotatable bonds is 3. The predicted octanol–water partition coefficient (Wildman–Crippen LogP) is 1.80. The van der Waals surface area contributed by atoms with Crippen LogP contribution in [0.4, 0.5) is 5.69 Å². The van der Waals surface area contributed by atoms with Gasteiger partial charge in [-0.2, -0.15) is 5.10 Å². The van der Waals surface area contributed by atoms with Gasteiger partial charge in [-0.25, -0.2) is 14.5 Å². The van der Waals surface area contributed by atoms with Gasteiger partial charge in [-0.3, -0.25) is 10.1 Å². The Bertz CT molecular complexity index is 720. The first-order chi connectivity index (χ1) is 9.32. The van der Waals surface area contributed by atoms with Crippen LogP contribution < -0.4 is 0 Å². The highest BCUT2D eigenvalue weighted by atomic mass is 16.6. The van der Waals surface area contributed by atoms with E-state index >= 15 is 0 Å². The number of hydrogen-bond acceptors (Lipinski definition) is 5. The first kappa shape index (κ1) is 13.7. The number of carboxylic acid groups (broad SMARTS) is 1. The van der Waals surface area contributed by atoms with Crippen LogP contribution in [0.15, 0.2) is 12.3 Å². The van der Waals surface area contributed by atoms with E-state index in [4.69, 9.17) is 5.11 Å². The Balaban J connectivity index is 2.70. The van der Waals surface area contributed by atoms with Crippen LogP contribution >= 0.6 is 0 Å². The molecule has 20 heavy (non-hydrogen) atoms. The van der Waals surface area contributed by atoms with Gasteiger partial charge >= 0.3 is 11.7 Å². The maximum atomic E-state index is 11.1. The molecular formula is C12H12N4O4. The molecule has 2 heterocycles. The first-order valence-electron chi connectivity index (χ1n) is 5.74. The average Bonchev–Trinajstić information content (AvgIpc) is 2.65. The Kier molecular flexibility index (Phi) is 3.23. The molecule has 0 saturated carbocycles. The van der Waals surface area contributed by atoms with Crippen LogP contribution in [0.5, 0.6) is 0 Å². The average molecular weight is 276 g/mol. The fraction of sp³-hybridized carbons (Fsp3) is 0.250. The number of nitrogens with zero attached hydrogens (tertiary/aromatic N) is 4. The fourth-order valence-corrected chi connectivity index (χ4v) is 1.79. The van der Waals surface area contributed by atoms with E-state index in [1.54, 1.807) is 13.8 Å². The van der Waals surface area contributed by atoms with Crippen LogP contribution in [0.2, 0.25) is 0 Å². The van der Waals surface area contributed by atoms with Gasteiger partial charge in [0.2, 0.25) is 5.82 Å². The second kappa shape index (κ2) is 4.72. The Labute approximate surface area is 113 Å². The lowest BCUT2D eigenvalue weighted by atomic mass is 10.2. The van der Waals surface area contributed by atoms with E-state index in [2.05, 4.69) is 10.1 Å². The number of nitro groups is 1. The molecule has 0 aromatic carbocycles. The van der Waals surface area contributed by atoms with Crippen molar-refractivity contribution in [3.8, 4) is 5.82 Å². The number of pyridine rings is 1. The second-order valence-electron chi connectivity index (χ2n) is 4.34. The van der Waals surface area contributed by atoms with Crippen LogP contribution in [-0.4, -0.2) is 30.8 Å². The predicted molar refractivity (Wildman–Crippen MR) is 69.2 cm³/mol. The third kappa shape index (κ3) is 2.11. The molecule has 0 bridgehead atoms. The van der Waals surface area contributed by atoms with Crippen molar-refractivity contribution in [2.45, 2.75) is 20.8 Å². The molecule has 2 rings (SSSR count). The normalized spacial score (nSPS) is 10.6. The molecule has 8 nitrogen and oxygen atoms in total. The van der Waals surface area contributed by atoms with Gasteiger partial charge in [-0.1, -0.05) is 0 Å². The van der Waals surface area contributed by atoms with Crippen LogP contribution in [-0.2, 0) is 0 Å². The highest BCUT2D eigenvalue weighted by Crippen LogP contribution is 2.24. The summed E-state index contributed by atoms with van der Waals surface area (Å²) in [6.45, 7) is 5.41. The number of aromatic nitrogens is 3. The number of carboxylic acids is 1. The molecule has 0 atom stereocenters. The van der Waals surface area contributed by atoms with Gasteiger partial charge in [0.15, 0.2) is 0 Å². The standard InChI is InChI=1S/C12H12N4O4/c1-6-7(2)14-15(8(6)3)11-10(16(19)20)4-9(5-13-11)12(17)18/h4-5H,1-3H3,(H,17,18). The number of hydrogen-bond donors (Lipinski definition) is 1. The van der Waals surface area contributed by atoms with Gasteiger partial charge in [0.25, 0.3) is 0 Å². The van der Waals surface area contributed by atoms with Crippen LogP contribution in [0.1, 0.15) is 27.3 Å². The number of aryl methyl sites for hydroxylation is 1. The molecule has 0 amide bonds. The van der Waals surface area contributed by atoms with Crippen molar-refractivity contribution >= 4 is 11.7 Å².